The normalized spacial score (nSPS) is 16.4. The number of rotatable bonds is 8. The first-order valence-corrected chi connectivity index (χ1v) is 5.81. The summed E-state index contributed by atoms with van der Waals surface area (Å²) in [6, 6.07) is 0. The minimum absolute atomic E-state index is 0.0392. The maximum Gasteiger partial charge on any atom is 0.0831 e. The Hall–Kier alpha value is -0.120. The number of aliphatic hydroxyl groups is 1. The Morgan fingerprint density at radius 2 is 1.87 bits per heavy atom. The van der Waals surface area contributed by atoms with Gasteiger partial charge in [-0.15, -0.1) is 0 Å². The molecule has 0 aliphatic rings. The molecule has 0 spiro atoms. The van der Waals surface area contributed by atoms with E-state index in [0.717, 1.165) is 19.3 Å². The van der Waals surface area contributed by atoms with Gasteiger partial charge in [-0.1, -0.05) is 6.92 Å². The molecule has 0 rings (SSSR count). The first-order valence-electron chi connectivity index (χ1n) is 5.81. The summed E-state index contributed by atoms with van der Waals surface area (Å²) >= 11 is 0. The molecular weight excluding hydrogens is 192 g/mol. The highest BCUT2D eigenvalue weighted by atomic mass is 16.5. The Kier molecular flexibility index (Phi) is 7.14. The largest absolute Gasteiger partial charge is 0.390 e. The Labute approximate surface area is 93.8 Å². The van der Waals surface area contributed by atoms with Crippen LogP contribution in [-0.2, 0) is 9.47 Å². The van der Waals surface area contributed by atoms with Crippen LogP contribution in [0.25, 0.3) is 0 Å². The molecule has 0 saturated heterocycles. The van der Waals surface area contributed by atoms with E-state index < -0.39 is 0 Å². The third kappa shape index (κ3) is 6.13. The van der Waals surface area contributed by atoms with Gasteiger partial charge in [0.05, 0.1) is 17.8 Å². The van der Waals surface area contributed by atoms with E-state index in [1.165, 1.54) is 0 Å². The Balaban J connectivity index is 3.94. The molecule has 0 saturated carbocycles. The van der Waals surface area contributed by atoms with E-state index in [4.69, 9.17) is 9.47 Å². The van der Waals surface area contributed by atoms with Crippen molar-refractivity contribution in [3.05, 3.63) is 0 Å². The molecule has 3 heteroatoms. The second kappa shape index (κ2) is 7.20. The number of hydrogen-bond acceptors (Lipinski definition) is 3. The molecule has 2 atom stereocenters. The monoisotopic (exact) mass is 218 g/mol. The van der Waals surface area contributed by atoms with Gasteiger partial charge < -0.3 is 14.6 Å². The van der Waals surface area contributed by atoms with Gasteiger partial charge in [0.25, 0.3) is 0 Å². The molecule has 2 unspecified atom stereocenters. The van der Waals surface area contributed by atoms with Crippen molar-refractivity contribution >= 4 is 0 Å². The molecule has 15 heavy (non-hydrogen) atoms. The van der Waals surface area contributed by atoms with Gasteiger partial charge in [-0.2, -0.15) is 0 Å². The zero-order valence-electron chi connectivity index (χ0n) is 10.7. The quantitative estimate of drug-likeness (QED) is 0.679. The first kappa shape index (κ1) is 14.9. The summed E-state index contributed by atoms with van der Waals surface area (Å²) in [6.07, 6.45) is 1.99. The zero-order chi connectivity index (χ0) is 11.9. The van der Waals surface area contributed by atoms with E-state index in [0.29, 0.717) is 6.61 Å². The van der Waals surface area contributed by atoms with Crippen LogP contribution in [0.3, 0.4) is 0 Å². The second-order valence-corrected chi connectivity index (χ2v) is 4.47. The highest BCUT2D eigenvalue weighted by Crippen LogP contribution is 2.19. The SMILES string of the molecule is CCOC(CC)C(O)CCC(C)(C)OC. The van der Waals surface area contributed by atoms with Crippen LogP contribution in [0.4, 0.5) is 0 Å². The number of hydrogen-bond donors (Lipinski definition) is 1. The zero-order valence-corrected chi connectivity index (χ0v) is 10.7. The summed E-state index contributed by atoms with van der Waals surface area (Å²) in [5.41, 5.74) is -0.161. The minimum atomic E-state index is -0.385. The Morgan fingerprint density at radius 1 is 1.27 bits per heavy atom. The van der Waals surface area contributed by atoms with Gasteiger partial charge in [-0.05, 0) is 40.0 Å². The van der Waals surface area contributed by atoms with E-state index in [1.54, 1.807) is 7.11 Å². The van der Waals surface area contributed by atoms with Crippen molar-refractivity contribution in [2.24, 2.45) is 0 Å². The lowest BCUT2D eigenvalue weighted by Crippen LogP contribution is -2.32. The van der Waals surface area contributed by atoms with Crippen LogP contribution in [0.15, 0.2) is 0 Å². The second-order valence-electron chi connectivity index (χ2n) is 4.47. The predicted octanol–water partition coefficient (Wildman–Crippen LogP) is 2.37. The fourth-order valence-electron chi connectivity index (χ4n) is 1.50. The van der Waals surface area contributed by atoms with Crippen LogP contribution < -0.4 is 0 Å². The summed E-state index contributed by atoms with van der Waals surface area (Å²) in [5.74, 6) is 0. The van der Waals surface area contributed by atoms with Crippen molar-refractivity contribution in [3.8, 4) is 0 Å². The van der Waals surface area contributed by atoms with Gasteiger partial charge in [0, 0.05) is 13.7 Å². The van der Waals surface area contributed by atoms with Crippen LogP contribution in [0.1, 0.15) is 47.0 Å². The summed E-state index contributed by atoms with van der Waals surface area (Å²) < 4.78 is 10.8. The molecule has 0 bridgehead atoms. The average Bonchev–Trinajstić information content (AvgIpc) is 2.22. The molecule has 0 radical (unpaired) electrons. The average molecular weight is 218 g/mol. The van der Waals surface area contributed by atoms with Crippen LogP contribution in [0, 0.1) is 0 Å². The highest BCUT2D eigenvalue weighted by molar-refractivity contribution is 4.74. The minimum Gasteiger partial charge on any atom is -0.390 e. The third-order valence-corrected chi connectivity index (χ3v) is 2.81. The van der Waals surface area contributed by atoms with Crippen molar-refractivity contribution in [3.63, 3.8) is 0 Å². The molecule has 0 aromatic heterocycles. The highest BCUT2D eigenvalue weighted by Gasteiger charge is 2.22. The van der Waals surface area contributed by atoms with Crippen molar-refractivity contribution < 1.29 is 14.6 Å². The third-order valence-electron chi connectivity index (χ3n) is 2.81. The van der Waals surface area contributed by atoms with E-state index in [1.807, 2.05) is 27.7 Å². The predicted molar refractivity (Wildman–Crippen MR) is 62.0 cm³/mol. The maximum atomic E-state index is 9.92. The lowest BCUT2D eigenvalue weighted by molar-refractivity contribution is -0.0529. The number of ether oxygens (including phenoxy) is 2. The number of aliphatic hydroxyl groups excluding tert-OH is 1. The van der Waals surface area contributed by atoms with Crippen LogP contribution in [0.2, 0.25) is 0 Å². The molecule has 0 amide bonds. The fraction of sp³-hybridized carbons (Fsp3) is 1.00. The first-order chi connectivity index (χ1) is 6.96. The summed E-state index contributed by atoms with van der Waals surface area (Å²) in [4.78, 5) is 0. The smallest absolute Gasteiger partial charge is 0.0831 e. The molecule has 0 aromatic rings. The van der Waals surface area contributed by atoms with Crippen LogP contribution >= 0.6 is 0 Å². The Bertz CT molecular complexity index is 157. The lowest BCUT2D eigenvalue weighted by atomic mass is 9.97. The van der Waals surface area contributed by atoms with Gasteiger partial charge in [0.2, 0.25) is 0 Å². The molecule has 0 aromatic carbocycles. The summed E-state index contributed by atoms with van der Waals surface area (Å²) in [6.45, 7) is 8.70. The molecule has 92 valence electrons. The molecule has 1 N–H and O–H groups in total. The molecule has 0 aliphatic carbocycles. The molecule has 0 heterocycles. The van der Waals surface area contributed by atoms with Crippen LogP contribution in [0.5, 0.6) is 0 Å². The van der Waals surface area contributed by atoms with Crippen molar-refractivity contribution in [2.75, 3.05) is 13.7 Å². The van der Waals surface area contributed by atoms with Gasteiger partial charge >= 0.3 is 0 Å². The van der Waals surface area contributed by atoms with E-state index >= 15 is 0 Å². The molecule has 3 nitrogen and oxygen atoms in total. The Morgan fingerprint density at radius 3 is 2.27 bits per heavy atom. The lowest BCUT2D eigenvalue weighted by Gasteiger charge is -2.27. The van der Waals surface area contributed by atoms with Gasteiger partial charge in [0.1, 0.15) is 0 Å². The van der Waals surface area contributed by atoms with Crippen molar-refractivity contribution in [1.82, 2.24) is 0 Å². The topological polar surface area (TPSA) is 38.7 Å². The molecular formula is C12H26O3. The fourth-order valence-corrected chi connectivity index (χ4v) is 1.50. The van der Waals surface area contributed by atoms with E-state index in [9.17, 15) is 5.11 Å². The van der Waals surface area contributed by atoms with Gasteiger partial charge in [-0.3, -0.25) is 0 Å². The standard InChI is InChI=1S/C12H26O3/c1-6-11(15-7-2)10(13)8-9-12(3,4)14-5/h10-11,13H,6-9H2,1-5H3. The van der Waals surface area contributed by atoms with E-state index in [-0.39, 0.29) is 17.8 Å². The van der Waals surface area contributed by atoms with E-state index in [2.05, 4.69) is 0 Å². The van der Waals surface area contributed by atoms with Crippen molar-refractivity contribution in [1.29, 1.82) is 0 Å². The summed E-state index contributed by atoms with van der Waals surface area (Å²) in [5, 5.41) is 9.92. The molecule has 0 fully saturated rings. The molecule has 0 aliphatic heterocycles. The van der Waals surface area contributed by atoms with Gasteiger partial charge in [0.15, 0.2) is 0 Å². The van der Waals surface area contributed by atoms with Gasteiger partial charge in [-0.25, -0.2) is 0 Å². The van der Waals surface area contributed by atoms with Crippen molar-refractivity contribution in [2.45, 2.75) is 64.8 Å². The summed E-state index contributed by atoms with van der Waals surface area (Å²) in [7, 11) is 1.70. The maximum absolute atomic E-state index is 9.92. The van der Waals surface area contributed by atoms with Crippen LogP contribution in [-0.4, -0.2) is 36.6 Å². The number of methoxy groups -OCH3 is 1.